The quantitative estimate of drug-likeness (QED) is 0.764. The van der Waals surface area contributed by atoms with E-state index in [0.717, 1.165) is 12.8 Å². The maximum absolute atomic E-state index is 13.0. The van der Waals surface area contributed by atoms with Crippen LogP contribution in [-0.4, -0.2) is 5.78 Å². The Labute approximate surface area is 96.8 Å². The van der Waals surface area contributed by atoms with Crippen LogP contribution in [0.1, 0.15) is 30.1 Å². The van der Waals surface area contributed by atoms with E-state index in [1.54, 1.807) is 12.1 Å². The van der Waals surface area contributed by atoms with Gasteiger partial charge in [0.2, 0.25) is 0 Å². The van der Waals surface area contributed by atoms with Crippen molar-refractivity contribution in [3.05, 3.63) is 34.1 Å². The van der Waals surface area contributed by atoms with Crippen LogP contribution in [0.3, 0.4) is 0 Å². The molecule has 0 radical (unpaired) electrons. The fraction of sp³-hybridized carbons (Fsp3) is 0.417. The monoisotopic (exact) mass is 270 g/mol. The summed E-state index contributed by atoms with van der Waals surface area (Å²) in [6, 6.07) is 4.45. The van der Waals surface area contributed by atoms with E-state index in [1.165, 1.54) is 6.07 Å². The molecule has 1 aliphatic rings. The summed E-state index contributed by atoms with van der Waals surface area (Å²) in [5.41, 5.74) is 0.600. The highest BCUT2D eigenvalue weighted by molar-refractivity contribution is 9.10. The molecule has 1 atom stereocenters. The molecule has 0 bridgehead atoms. The van der Waals surface area contributed by atoms with E-state index in [2.05, 4.69) is 15.9 Å². The smallest absolute Gasteiger partial charge is 0.165 e. The normalized spacial score (nSPS) is 17.5. The van der Waals surface area contributed by atoms with Crippen molar-refractivity contribution in [1.82, 2.24) is 0 Å². The summed E-state index contributed by atoms with van der Waals surface area (Å²) in [4.78, 5) is 11.9. The minimum absolute atomic E-state index is 0.0716. The van der Waals surface area contributed by atoms with Crippen LogP contribution in [0.5, 0.6) is 0 Å². The van der Waals surface area contributed by atoms with Crippen LogP contribution >= 0.6 is 15.9 Å². The van der Waals surface area contributed by atoms with Gasteiger partial charge >= 0.3 is 0 Å². The van der Waals surface area contributed by atoms with E-state index in [-0.39, 0.29) is 17.5 Å². The standard InChI is InChI=1S/C12H12BrFO/c1-7(8-2-3-8)12(15)9-4-5-11(14)10(13)6-9/h4-8H,2-3H2,1H3. The third-order valence-electron chi connectivity index (χ3n) is 2.95. The molecule has 0 saturated heterocycles. The molecule has 0 amide bonds. The number of benzene rings is 1. The van der Waals surface area contributed by atoms with Crippen molar-refractivity contribution in [1.29, 1.82) is 0 Å². The Hall–Kier alpha value is -0.700. The van der Waals surface area contributed by atoms with Gasteiger partial charge in [0.15, 0.2) is 5.78 Å². The molecule has 1 unspecified atom stereocenters. The molecule has 0 heterocycles. The first kappa shape index (κ1) is 10.8. The van der Waals surface area contributed by atoms with E-state index >= 15 is 0 Å². The maximum Gasteiger partial charge on any atom is 0.165 e. The highest BCUT2D eigenvalue weighted by atomic mass is 79.9. The minimum Gasteiger partial charge on any atom is -0.294 e. The molecule has 2 rings (SSSR count). The fourth-order valence-electron chi connectivity index (χ4n) is 1.72. The summed E-state index contributed by atoms with van der Waals surface area (Å²) in [7, 11) is 0. The molecule has 1 saturated carbocycles. The van der Waals surface area contributed by atoms with Crippen LogP contribution < -0.4 is 0 Å². The topological polar surface area (TPSA) is 17.1 Å². The first-order valence-electron chi connectivity index (χ1n) is 5.09. The second kappa shape index (κ2) is 4.05. The molecule has 1 aliphatic carbocycles. The number of Topliss-reactive ketones (excluding diaryl/α,β-unsaturated/α-hetero) is 1. The third-order valence-corrected chi connectivity index (χ3v) is 3.55. The average Bonchev–Trinajstić information content (AvgIpc) is 3.03. The van der Waals surface area contributed by atoms with Crippen molar-refractivity contribution in [2.24, 2.45) is 11.8 Å². The van der Waals surface area contributed by atoms with Gasteiger partial charge in [-0.2, -0.15) is 0 Å². The lowest BCUT2D eigenvalue weighted by molar-refractivity contribution is 0.0916. The zero-order valence-electron chi connectivity index (χ0n) is 8.47. The van der Waals surface area contributed by atoms with Crippen LogP contribution in [0.4, 0.5) is 4.39 Å². The number of rotatable bonds is 3. The molecular weight excluding hydrogens is 259 g/mol. The molecule has 80 valence electrons. The largest absolute Gasteiger partial charge is 0.294 e. The third kappa shape index (κ3) is 2.28. The number of hydrogen-bond acceptors (Lipinski definition) is 1. The lowest BCUT2D eigenvalue weighted by atomic mass is 9.95. The number of halogens is 2. The van der Waals surface area contributed by atoms with E-state index < -0.39 is 0 Å². The highest BCUT2D eigenvalue weighted by Gasteiger charge is 2.33. The molecule has 1 aromatic carbocycles. The van der Waals surface area contributed by atoms with Gasteiger partial charge in [-0.05, 0) is 52.9 Å². The lowest BCUT2D eigenvalue weighted by Gasteiger charge is -2.09. The highest BCUT2D eigenvalue weighted by Crippen LogP contribution is 2.38. The van der Waals surface area contributed by atoms with Gasteiger partial charge in [-0.25, -0.2) is 4.39 Å². The van der Waals surface area contributed by atoms with Gasteiger partial charge in [-0.15, -0.1) is 0 Å². The molecular formula is C12H12BrFO. The van der Waals surface area contributed by atoms with E-state index in [9.17, 15) is 9.18 Å². The van der Waals surface area contributed by atoms with Gasteiger partial charge < -0.3 is 0 Å². The summed E-state index contributed by atoms with van der Waals surface area (Å²) in [6.45, 7) is 1.96. The average molecular weight is 271 g/mol. The summed E-state index contributed by atoms with van der Waals surface area (Å²) >= 11 is 3.09. The van der Waals surface area contributed by atoms with Crippen LogP contribution in [0.2, 0.25) is 0 Å². The molecule has 3 heteroatoms. The fourth-order valence-corrected chi connectivity index (χ4v) is 2.10. The molecule has 0 N–H and O–H groups in total. The number of hydrogen-bond donors (Lipinski definition) is 0. The van der Waals surface area contributed by atoms with Crippen molar-refractivity contribution in [3.8, 4) is 0 Å². The Bertz CT molecular complexity index is 399. The molecule has 1 aromatic rings. The summed E-state index contributed by atoms with van der Waals surface area (Å²) < 4.78 is 13.3. The molecule has 0 aromatic heterocycles. The van der Waals surface area contributed by atoms with Crippen LogP contribution in [0.25, 0.3) is 0 Å². The predicted octanol–water partition coefficient (Wildman–Crippen LogP) is 3.82. The van der Waals surface area contributed by atoms with Gasteiger partial charge in [0, 0.05) is 11.5 Å². The lowest BCUT2D eigenvalue weighted by Crippen LogP contribution is -2.13. The van der Waals surface area contributed by atoms with Gasteiger partial charge in [-0.1, -0.05) is 6.92 Å². The molecule has 1 nitrogen and oxygen atoms in total. The van der Waals surface area contributed by atoms with Gasteiger partial charge in [-0.3, -0.25) is 4.79 Å². The van der Waals surface area contributed by atoms with Crippen LogP contribution in [-0.2, 0) is 0 Å². The zero-order valence-corrected chi connectivity index (χ0v) is 10.1. The van der Waals surface area contributed by atoms with Crippen LogP contribution in [0, 0.1) is 17.7 Å². The number of carbonyl (C=O) groups is 1. The Kier molecular flexibility index (Phi) is 2.91. The van der Waals surface area contributed by atoms with Crippen LogP contribution in [0.15, 0.2) is 22.7 Å². The maximum atomic E-state index is 13.0. The van der Waals surface area contributed by atoms with Crippen molar-refractivity contribution in [2.45, 2.75) is 19.8 Å². The van der Waals surface area contributed by atoms with Crippen molar-refractivity contribution < 1.29 is 9.18 Å². The van der Waals surface area contributed by atoms with Crippen molar-refractivity contribution in [2.75, 3.05) is 0 Å². The Morgan fingerprint density at radius 1 is 1.53 bits per heavy atom. The zero-order chi connectivity index (χ0) is 11.0. The van der Waals surface area contributed by atoms with Crippen molar-refractivity contribution in [3.63, 3.8) is 0 Å². The van der Waals surface area contributed by atoms with E-state index in [0.29, 0.717) is 16.0 Å². The first-order chi connectivity index (χ1) is 7.09. The Morgan fingerprint density at radius 2 is 2.20 bits per heavy atom. The second-order valence-corrected chi connectivity index (χ2v) is 4.97. The molecule has 0 aliphatic heterocycles. The van der Waals surface area contributed by atoms with Crippen molar-refractivity contribution >= 4 is 21.7 Å². The van der Waals surface area contributed by atoms with E-state index in [4.69, 9.17) is 0 Å². The Morgan fingerprint density at radius 3 is 2.73 bits per heavy atom. The van der Waals surface area contributed by atoms with Gasteiger partial charge in [0.1, 0.15) is 5.82 Å². The van der Waals surface area contributed by atoms with Gasteiger partial charge in [0.25, 0.3) is 0 Å². The SMILES string of the molecule is CC(C(=O)c1ccc(F)c(Br)c1)C1CC1. The first-order valence-corrected chi connectivity index (χ1v) is 5.88. The minimum atomic E-state index is -0.328. The summed E-state index contributed by atoms with van der Waals surface area (Å²) in [5.74, 6) is 0.410. The molecule has 0 spiro atoms. The summed E-state index contributed by atoms with van der Waals surface area (Å²) in [5, 5.41) is 0. The second-order valence-electron chi connectivity index (χ2n) is 4.12. The summed E-state index contributed by atoms with van der Waals surface area (Å²) in [6.07, 6.45) is 2.30. The number of carbonyl (C=O) groups excluding carboxylic acids is 1. The van der Waals surface area contributed by atoms with Gasteiger partial charge in [0.05, 0.1) is 4.47 Å². The predicted molar refractivity (Wildman–Crippen MR) is 60.3 cm³/mol. The number of ketones is 1. The molecule has 15 heavy (non-hydrogen) atoms. The van der Waals surface area contributed by atoms with E-state index in [1.807, 2.05) is 6.92 Å². The Balaban J connectivity index is 2.21. The molecule has 1 fully saturated rings.